The lowest BCUT2D eigenvalue weighted by atomic mass is 10.3. The van der Waals surface area contributed by atoms with Crippen molar-refractivity contribution < 1.29 is 8.42 Å². The summed E-state index contributed by atoms with van der Waals surface area (Å²) in [7, 11) is -0.352. The number of rotatable bonds is 6. The van der Waals surface area contributed by atoms with Gasteiger partial charge in [0.1, 0.15) is 5.82 Å². The zero-order chi connectivity index (χ0) is 18.9. The van der Waals surface area contributed by atoms with Crippen LogP contribution in [0.3, 0.4) is 0 Å². The van der Waals surface area contributed by atoms with Gasteiger partial charge in [-0.1, -0.05) is 6.92 Å². The first kappa shape index (κ1) is 19.3. The van der Waals surface area contributed by atoms with Gasteiger partial charge < -0.3 is 9.47 Å². The van der Waals surface area contributed by atoms with Crippen LogP contribution in [0.25, 0.3) is 11.0 Å². The molecule has 0 radical (unpaired) electrons. The molecular formula is C18H29N5O2S. The number of piperazine rings is 1. The summed E-state index contributed by atoms with van der Waals surface area (Å²) < 4.78 is 28.2. The van der Waals surface area contributed by atoms with E-state index in [9.17, 15) is 8.42 Å². The Bertz CT molecular complexity index is 867. The molecule has 0 atom stereocenters. The summed E-state index contributed by atoms with van der Waals surface area (Å²) >= 11 is 0. The fraction of sp³-hybridized carbons (Fsp3) is 0.611. The van der Waals surface area contributed by atoms with Crippen LogP contribution in [0.15, 0.2) is 23.1 Å². The summed E-state index contributed by atoms with van der Waals surface area (Å²) in [4.78, 5) is 9.95. The Morgan fingerprint density at radius 1 is 1.04 bits per heavy atom. The lowest BCUT2D eigenvalue weighted by Gasteiger charge is -2.33. The lowest BCUT2D eigenvalue weighted by Crippen LogP contribution is -2.45. The van der Waals surface area contributed by atoms with E-state index in [4.69, 9.17) is 4.98 Å². The van der Waals surface area contributed by atoms with E-state index in [0.717, 1.165) is 62.7 Å². The molecule has 2 aromatic rings. The van der Waals surface area contributed by atoms with Gasteiger partial charge in [-0.05, 0) is 31.7 Å². The highest BCUT2D eigenvalue weighted by Gasteiger charge is 2.21. The summed E-state index contributed by atoms with van der Waals surface area (Å²) in [5.74, 6) is 1.01. The summed E-state index contributed by atoms with van der Waals surface area (Å²) in [6, 6.07) is 5.24. The SMILES string of the molecule is CCN1CCN(Cc2nc3cc(S(=O)(=O)N(C)C)ccc3n2CC)CC1. The number of sulfonamides is 1. The van der Waals surface area contributed by atoms with Crippen molar-refractivity contribution in [1.29, 1.82) is 0 Å². The van der Waals surface area contributed by atoms with Gasteiger partial charge in [-0.2, -0.15) is 0 Å². The van der Waals surface area contributed by atoms with E-state index < -0.39 is 10.0 Å². The van der Waals surface area contributed by atoms with Crippen LogP contribution >= 0.6 is 0 Å². The van der Waals surface area contributed by atoms with Crippen LogP contribution in [0, 0.1) is 0 Å². The Balaban J connectivity index is 1.89. The van der Waals surface area contributed by atoms with Gasteiger partial charge in [0.15, 0.2) is 0 Å². The minimum atomic E-state index is -3.45. The van der Waals surface area contributed by atoms with Crippen LogP contribution in [0.2, 0.25) is 0 Å². The van der Waals surface area contributed by atoms with Crippen LogP contribution in [0.1, 0.15) is 19.7 Å². The third-order valence-electron chi connectivity index (χ3n) is 5.17. The quantitative estimate of drug-likeness (QED) is 0.760. The zero-order valence-corrected chi connectivity index (χ0v) is 17.0. The molecule has 1 fully saturated rings. The van der Waals surface area contributed by atoms with Crippen molar-refractivity contribution in [2.75, 3.05) is 46.8 Å². The van der Waals surface area contributed by atoms with Crippen LogP contribution in [0.4, 0.5) is 0 Å². The number of benzene rings is 1. The number of likely N-dealkylation sites (N-methyl/N-ethyl adjacent to an activating group) is 1. The molecule has 3 rings (SSSR count). The van der Waals surface area contributed by atoms with Gasteiger partial charge in [-0.15, -0.1) is 0 Å². The summed E-state index contributed by atoms with van der Waals surface area (Å²) in [6.45, 7) is 11.3. The molecule has 0 amide bonds. The molecular weight excluding hydrogens is 350 g/mol. The minimum Gasteiger partial charge on any atom is -0.327 e. The Morgan fingerprint density at radius 2 is 1.69 bits per heavy atom. The van der Waals surface area contributed by atoms with E-state index in [1.807, 2.05) is 6.07 Å². The Kier molecular flexibility index (Phi) is 5.67. The van der Waals surface area contributed by atoms with Crippen molar-refractivity contribution in [1.82, 2.24) is 23.7 Å². The molecule has 1 aromatic carbocycles. The highest BCUT2D eigenvalue weighted by atomic mass is 32.2. The van der Waals surface area contributed by atoms with Crippen molar-refractivity contribution in [3.63, 3.8) is 0 Å². The normalized spacial score (nSPS) is 17.4. The standard InChI is InChI=1S/C18H29N5O2S/c1-5-21-9-11-22(12-10-21)14-18-19-16-13-15(26(24,25)20(3)4)7-8-17(16)23(18)6-2/h7-8,13H,5-6,9-12,14H2,1-4H3. The second-order valence-electron chi connectivity index (χ2n) is 6.92. The van der Waals surface area contributed by atoms with Crippen LogP contribution in [-0.2, 0) is 23.1 Å². The molecule has 8 heteroatoms. The smallest absolute Gasteiger partial charge is 0.242 e. The van der Waals surface area contributed by atoms with Crippen molar-refractivity contribution in [2.45, 2.75) is 31.8 Å². The van der Waals surface area contributed by atoms with Gasteiger partial charge in [0.2, 0.25) is 10.0 Å². The van der Waals surface area contributed by atoms with E-state index >= 15 is 0 Å². The van der Waals surface area contributed by atoms with Gasteiger partial charge in [0, 0.05) is 46.8 Å². The topological polar surface area (TPSA) is 61.7 Å². The van der Waals surface area contributed by atoms with Crippen molar-refractivity contribution >= 4 is 21.1 Å². The predicted octanol–water partition coefficient (Wildman–Crippen LogP) is 1.44. The van der Waals surface area contributed by atoms with E-state index in [1.54, 1.807) is 26.2 Å². The third kappa shape index (κ3) is 3.64. The number of hydrogen-bond acceptors (Lipinski definition) is 5. The fourth-order valence-electron chi connectivity index (χ4n) is 3.47. The van der Waals surface area contributed by atoms with Crippen molar-refractivity contribution in [2.24, 2.45) is 0 Å². The summed E-state index contributed by atoms with van der Waals surface area (Å²) in [5, 5.41) is 0. The molecule has 0 aliphatic carbocycles. The number of nitrogens with zero attached hydrogens (tertiary/aromatic N) is 5. The number of aryl methyl sites for hydroxylation is 1. The van der Waals surface area contributed by atoms with Crippen LogP contribution in [-0.4, -0.2) is 78.9 Å². The number of imidazole rings is 1. The van der Waals surface area contributed by atoms with Gasteiger partial charge in [0.25, 0.3) is 0 Å². The Hall–Kier alpha value is -1.48. The average Bonchev–Trinajstić information content (AvgIpc) is 2.98. The molecule has 26 heavy (non-hydrogen) atoms. The van der Waals surface area contributed by atoms with Gasteiger partial charge in [0.05, 0.1) is 22.5 Å². The molecule has 1 aromatic heterocycles. The molecule has 0 saturated carbocycles. The van der Waals surface area contributed by atoms with Crippen LogP contribution in [0.5, 0.6) is 0 Å². The monoisotopic (exact) mass is 379 g/mol. The molecule has 1 aliphatic rings. The number of hydrogen-bond donors (Lipinski definition) is 0. The highest BCUT2D eigenvalue weighted by molar-refractivity contribution is 7.89. The molecule has 7 nitrogen and oxygen atoms in total. The Morgan fingerprint density at radius 3 is 2.27 bits per heavy atom. The van der Waals surface area contributed by atoms with Gasteiger partial charge >= 0.3 is 0 Å². The molecule has 1 saturated heterocycles. The maximum Gasteiger partial charge on any atom is 0.242 e. The average molecular weight is 380 g/mol. The van der Waals surface area contributed by atoms with Gasteiger partial charge in [-0.25, -0.2) is 17.7 Å². The third-order valence-corrected chi connectivity index (χ3v) is 6.98. The number of fused-ring (bicyclic) bond motifs is 1. The maximum atomic E-state index is 12.4. The molecule has 0 N–H and O–H groups in total. The molecule has 144 valence electrons. The summed E-state index contributed by atoms with van der Waals surface area (Å²) in [6.07, 6.45) is 0. The second kappa shape index (κ2) is 7.64. The first-order valence-electron chi connectivity index (χ1n) is 9.23. The highest BCUT2D eigenvalue weighted by Crippen LogP contribution is 2.23. The van der Waals surface area contributed by atoms with E-state index in [2.05, 4.69) is 28.2 Å². The van der Waals surface area contributed by atoms with E-state index in [0.29, 0.717) is 4.90 Å². The molecule has 2 heterocycles. The fourth-order valence-corrected chi connectivity index (χ4v) is 4.39. The number of aromatic nitrogens is 2. The van der Waals surface area contributed by atoms with Crippen molar-refractivity contribution in [3.8, 4) is 0 Å². The van der Waals surface area contributed by atoms with E-state index in [-0.39, 0.29) is 0 Å². The van der Waals surface area contributed by atoms with Gasteiger partial charge in [-0.3, -0.25) is 4.90 Å². The first-order chi connectivity index (χ1) is 12.4. The molecule has 0 spiro atoms. The predicted molar refractivity (Wildman–Crippen MR) is 104 cm³/mol. The van der Waals surface area contributed by atoms with Crippen LogP contribution < -0.4 is 0 Å². The molecule has 0 bridgehead atoms. The zero-order valence-electron chi connectivity index (χ0n) is 16.1. The minimum absolute atomic E-state index is 0.291. The molecule has 1 aliphatic heterocycles. The summed E-state index contributed by atoms with van der Waals surface area (Å²) in [5.41, 5.74) is 1.74. The molecule has 0 unspecified atom stereocenters. The second-order valence-corrected chi connectivity index (χ2v) is 9.07. The first-order valence-corrected chi connectivity index (χ1v) is 10.7. The van der Waals surface area contributed by atoms with Crippen molar-refractivity contribution in [3.05, 3.63) is 24.0 Å². The largest absolute Gasteiger partial charge is 0.327 e. The Labute approximate surface area is 156 Å². The lowest BCUT2D eigenvalue weighted by molar-refractivity contribution is 0.128. The van der Waals surface area contributed by atoms with E-state index in [1.165, 1.54) is 4.31 Å². The maximum absolute atomic E-state index is 12.4.